The SMILES string of the molecule is Cn1cc(-c2ccc(NC(=O)C(NCCc3ccc(C#N)cn3)c3ccccc3)nc2)cn1. The Labute approximate surface area is 191 Å². The third-order valence-electron chi connectivity index (χ3n) is 5.13. The molecule has 0 saturated heterocycles. The Kier molecular flexibility index (Phi) is 6.83. The second-order valence-corrected chi connectivity index (χ2v) is 7.52. The van der Waals surface area contributed by atoms with Crippen molar-refractivity contribution in [2.75, 3.05) is 11.9 Å². The van der Waals surface area contributed by atoms with E-state index in [1.807, 2.05) is 55.7 Å². The fourth-order valence-corrected chi connectivity index (χ4v) is 3.40. The topological polar surface area (TPSA) is 109 Å². The van der Waals surface area contributed by atoms with Gasteiger partial charge in [0.15, 0.2) is 0 Å². The van der Waals surface area contributed by atoms with Crippen LogP contribution in [-0.4, -0.2) is 32.2 Å². The van der Waals surface area contributed by atoms with Crippen LogP contribution < -0.4 is 10.6 Å². The first kappa shape index (κ1) is 21.9. The van der Waals surface area contributed by atoms with Crippen LogP contribution in [0.4, 0.5) is 5.82 Å². The van der Waals surface area contributed by atoms with E-state index < -0.39 is 6.04 Å². The molecule has 164 valence electrons. The van der Waals surface area contributed by atoms with Crippen LogP contribution >= 0.6 is 0 Å². The lowest BCUT2D eigenvalue weighted by molar-refractivity contribution is -0.118. The number of pyridine rings is 2. The van der Waals surface area contributed by atoms with Crippen molar-refractivity contribution in [3.8, 4) is 17.2 Å². The molecule has 0 radical (unpaired) electrons. The summed E-state index contributed by atoms with van der Waals surface area (Å²) >= 11 is 0. The summed E-state index contributed by atoms with van der Waals surface area (Å²) in [7, 11) is 1.86. The molecule has 0 aliphatic heterocycles. The molecular weight excluding hydrogens is 414 g/mol. The maximum atomic E-state index is 13.1. The summed E-state index contributed by atoms with van der Waals surface area (Å²) in [4.78, 5) is 21.8. The molecule has 1 unspecified atom stereocenters. The summed E-state index contributed by atoms with van der Waals surface area (Å²) in [6.45, 7) is 0.541. The highest BCUT2D eigenvalue weighted by Gasteiger charge is 2.20. The summed E-state index contributed by atoms with van der Waals surface area (Å²) in [5, 5.41) is 19.3. The minimum absolute atomic E-state index is 0.199. The highest BCUT2D eigenvalue weighted by Crippen LogP contribution is 2.20. The first-order valence-corrected chi connectivity index (χ1v) is 10.5. The number of aromatic nitrogens is 4. The van der Waals surface area contributed by atoms with Crippen LogP contribution in [0.2, 0.25) is 0 Å². The van der Waals surface area contributed by atoms with E-state index in [-0.39, 0.29) is 5.91 Å². The van der Waals surface area contributed by atoms with Gasteiger partial charge in [-0.3, -0.25) is 14.5 Å². The zero-order chi connectivity index (χ0) is 23.0. The van der Waals surface area contributed by atoms with Gasteiger partial charge in [-0.25, -0.2) is 4.98 Å². The number of hydrogen-bond acceptors (Lipinski definition) is 6. The highest BCUT2D eigenvalue weighted by atomic mass is 16.2. The van der Waals surface area contributed by atoms with Crippen molar-refractivity contribution in [3.63, 3.8) is 0 Å². The molecule has 8 nitrogen and oxygen atoms in total. The Morgan fingerprint density at radius 3 is 2.52 bits per heavy atom. The lowest BCUT2D eigenvalue weighted by atomic mass is 10.1. The number of nitrogens with zero attached hydrogens (tertiary/aromatic N) is 5. The number of carbonyl (C=O) groups is 1. The van der Waals surface area contributed by atoms with E-state index in [1.165, 1.54) is 0 Å². The number of carbonyl (C=O) groups excluding carboxylic acids is 1. The number of rotatable bonds is 8. The molecular formula is C25H23N7O. The molecule has 1 aromatic carbocycles. The molecule has 0 spiro atoms. The van der Waals surface area contributed by atoms with E-state index >= 15 is 0 Å². The van der Waals surface area contributed by atoms with Gasteiger partial charge in [0.1, 0.15) is 17.9 Å². The van der Waals surface area contributed by atoms with Gasteiger partial charge in [0.25, 0.3) is 0 Å². The maximum absolute atomic E-state index is 13.1. The van der Waals surface area contributed by atoms with Crippen molar-refractivity contribution in [1.82, 2.24) is 25.1 Å². The van der Waals surface area contributed by atoms with Crippen LogP contribution in [0.1, 0.15) is 22.9 Å². The quantitative estimate of drug-likeness (QED) is 0.438. The Morgan fingerprint density at radius 2 is 1.88 bits per heavy atom. The summed E-state index contributed by atoms with van der Waals surface area (Å²) in [5.41, 5.74) is 4.11. The molecule has 3 heterocycles. The predicted molar refractivity (Wildman–Crippen MR) is 125 cm³/mol. The molecule has 0 saturated carbocycles. The molecule has 4 rings (SSSR count). The van der Waals surface area contributed by atoms with Gasteiger partial charge in [0.2, 0.25) is 5.91 Å². The largest absolute Gasteiger partial charge is 0.309 e. The van der Waals surface area contributed by atoms with Gasteiger partial charge >= 0.3 is 0 Å². The molecule has 33 heavy (non-hydrogen) atoms. The van der Waals surface area contributed by atoms with Gasteiger partial charge in [-0.1, -0.05) is 30.3 Å². The Morgan fingerprint density at radius 1 is 1.03 bits per heavy atom. The summed E-state index contributed by atoms with van der Waals surface area (Å²) in [5.74, 6) is 0.278. The van der Waals surface area contributed by atoms with Crippen molar-refractivity contribution in [2.45, 2.75) is 12.5 Å². The number of amides is 1. The fourth-order valence-electron chi connectivity index (χ4n) is 3.40. The van der Waals surface area contributed by atoms with Crippen molar-refractivity contribution < 1.29 is 4.79 Å². The molecule has 2 N–H and O–H groups in total. The molecule has 8 heteroatoms. The summed E-state index contributed by atoms with van der Waals surface area (Å²) in [6.07, 6.45) is 7.58. The van der Waals surface area contributed by atoms with E-state index in [0.717, 1.165) is 22.4 Å². The minimum Gasteiger partial charge on any atom is -0.309 e. The number of nitriles is 1. The second-order valence-electron chi connectivity index (χ2n) is 7.52. The van der Waals surface area contributed by atoms with Crippen LogP contribution in [0.5, 0.6) is 0 Å². The summed E-state index contributed by atoms with van der Waals surface area (Å²) in [6, 6.07) is 18.3. The third kappa shape index (κ3) is 5.67. The monoisotopic (exact) mass is 437 g/mol. The number of hydrogen-bond donors (Lipinski definition) is 2. The third-order valence-corrected chi connectivity index (χ3v) is 5.13. The van der Waals surface area contributed by atoms with Gasteiger partial charge in [0, 0.05) is 55.4 Å². The lowest BCUT2D eigenvalue weighted by Gasteiger charge is -2.19. The average molecular weight is 438 g/mol. The van der Waals surface area contributed by atoms with Crippen molar-refractivity contribution >= 4 is 11.7 Å². The molecule has 1 amide bonds. The van der Waals surface area contributed by atoms with Crippen LogP contribution in [0.3, 0.4) is 0 Å². The van der Waals surface area contributed by atoms with E-state index in [4.69, 9.17) is 5.26 Å². The van der Waals surface area contributed by atoms with Crippen LogP contribution in [0.25, 0.3) is 11.1 Å². The van der Waals surface area contributed by atoms with Crippen molar-refractivity contribution in [1.29, 1.82) is 5.26 Å². The van der Waals surface area contributed by atoms with Crippen molar-refractivity contribution in [2.24, 2.45) is 7.05 Å². The Hall–Kier alpha value is -4.35. The van der Waals surface area contributed by atoms with E-state index in [2.05, 4.69) is 31.8 Å². The van der Waals surface area contributed by atoms with Crippen molar-refractivity contribution in [3.05, 3.63) is 96.2 Å². The molecule has 1 atom stereocenters. The maximum Gasteiger partial charge on any atom is 0.247 e. The van der Waals surface area contributed by atoms with E-state index in [9.17, 15) is 4.79 Å². The minimum atomic E-state index is -0.551. The molecule has 0 bridgehead atoms. The zero-order valence-corrected chi connectivity index (χ0v) is 18.1. The van der Waals surface area contributed by atoms with E-state index in [1.54, 1.807) is 35.4 Å². The fraction of sp³-hybridized carbons (Fsp3) is 0.160. The van der Waals surface area contributed by atoms with Gasteiger partial charge in [0.05, 0.1) is 11.8 Å². The summed E-state index contributed by atoms with van der Waals surface area (Å²) < 4.78 is 1.73. The van der Waals surface area contributed by atoms with Gasteiger partial charge in [-0.2, -0.15) is 10.4 Å². The molecule has 0 aliphatic rings. The Balaban J connectivity index is 1.42. The lowest BCUT2D eigenvalue weighted by Crippen LogP contribution is -2.34. The number of aryl methyl sites for hydroxylation is 1. The number of benzene rings is 1. The highest BCUT2D eigenvalue weighted by molar-refractivity contribution is 5.94. The number of nitrogens with one attached hydrogen (secondary N) is 2. The van der Waals surface area contributed by atoms with Crippen LogP contribution in [0.15, 0.2) is 79.4 Å². The smallest absolute Gasteiger partial charge is 0.247 e. The Bertz CT molecular complexity index is 1240. The second kappa shape index (κ2) is 10.3. The van der Waals surface area contributed by atoms with Gasteiger partial charge in [-0.05, 0) is 29.8 Å². The van der Waals surface area contributed by atoms with Gasteiger partial charge < -0.3 is 10.6 Å². The van der Waals surface area contributed by atoms with Gasteiger partial charge in [-0.15, -0.1) is 0 Å². The number of anilines is 1. The molecule has 0 aliphatic carbocycles. The first-order chi connectivity index (χ1) is 16.1. The standard InChI is InChI=1S/C25H23N7O/c1-32-17-21(16-30-32)20-8-10-23(29-15-20)31-25(33)24(19-5-3-2-4-6-19)27-12-11-22-9-7-18(13-26)14-28-22/h2-10,14-17,24,27H,11-12H2,1H3,(H,29,31,33). The average Bonchev–Trinajstić information content (AvgIpc) is 3.29. The molecule has 0 fully saturated rings. The van der Waals surface area contributed by atoms with Crippen LogP contribution in [-0.2, 0) is 18.3 Å². The zero-order valence-electron chi connectivity index (χ0n) is 18.1. The molecule has 4 aromatic rings. The predicted octanol–water partition coefficient (Wildman–Crippen LogP) is 3.26. The normalized spacial score (nSPS) is 11.5. The first-order valence-electron chi connectivity index (χ1n) is 10.5. The molecule has 3 aromatic heterocycles. The van der Waals surface area contributed by atoms with Crippen LogP contribution in [0, 0.1) is 11.3 Å². The van der Waals surface area contributed by atoms with E-state index in [0.29, 0.717) is 24.3 Å².